The lowest BCUT2D eigenvalue weighted by Gasteiger charge is -2.22. The van der Waals surface area contributed by atoms with Crippen molar-refractivity contribution in [2.75, 3.05) is 37.7 Å². The molecule has 0 aliphatic rings. The summed E-state index contributed by atoms with van der Waals surface area (Å²) in [5, 5.41) is 8.62. The predicted octanol–water partition coefficient (Wildman–Crippen LogP) is 1.99. The first kappa shape index (κ1) is 15.1. The van der Waals surface area contributed by atoms with Crippen LogP contribution in [-0.2, 0) is 0 Å². The van der Waals surface area contributed by atoms with E-state index < -0.39 is 12.7 Å². The van der Waals surface area contributed by atoms with Crippen molar-refractivity contribution in [3.8, 4) is 0 Å². The average molecular weight is 245 g/mol. The molecule has 0 aliphatic heterocycles. The molecule has 0 saturated carbocycles. The minimum absolute atomic E-state index is 0.0936. The van der Waals surface area contributed by atoms with Gasteiger partial charge in [-0.1, -0.05) is 6.92 Å². The largest absolute Gasteiger partial charge is 0.401 e. The van der Waals surface area contributed by atoms with Crippen LogP contribution in [0, 0.1) is 0 Å². The van der Waals surface area contributed by atoms with Crippen molar-refractivity contribution in [3.63, 3.8) is 0 Å². The number of hydrogen-bond donors (Lipinski definition) is 1. The molecule has 0 fully saturated rings. The Morgan fingerprint density at radius 3 is 2.40 bits per heavy atom. The second-order valence-corrected chi connectivity index (χ2v) is 4.56. The van der Waals surface area contributed by atoms with E-state index in [1.165, 1.54) is 4.90 Å². The van der Waals surface area contributed by atoms with E-state index in [2.05, 4.69) is 0 Å². The van der Waals surface area contributed by atoms with E-state index >= 15 is 0 Å². The molecular weight excluding hydrogens is 227 g/mol. The standard InChI is InChI=1S/C9H18F3NOS/c1-2-15-7-3-4-13(5-6-14)8-9(10,11)12/h14H,2-8H2,1H3. The summed E-state index contributed by atoms with van der Waals surface area (Å²) in [6.45, 7) is 1.36. The number of hydrogen-bond acceptors (Lipinski definition) is 3. The molecule has 0 aromatic rings. The molecule has 15 heavy (non-hydrogen) atoms. The molecule has 0 rings (SSSR count). The zero-order valence-electron chi connectivity index (χ0n) is 8.89. The van der Waals surface area contributed by atoms with Gasteiger partial charge in [-0.25, -0.2) is 0 Å². The van der Waals surface area contributed by atoms with E-state index in [9.17, 15) is 13.2 Å². The summed E-state index contributed by atoms with van der Waals surface area (Å²) in [5.74, 6) is 1.86. The minimum Gasteiger partial charge on any atom is -0.395 e. The Morgan fingerprint density at radius 2 is 1.93 bits per heavy atom. The maximum atomic E-state index is 12.1. The number of aliphatic hydroxyl groups is 1. The molecule has 0 aliphatic carbocycles. The van der Waals surface area contributed by atoms with Gasteiger partial charge in [0.2, 0.25) is 0 Å². The van der Waals surface area contributed by atoms with Crippen LogP contribution in [0.2, 0.25) is 0 Å². The van der Waals surface area contributed by atoms with Crippen LogP contribution in [0.5, 0.6) is 0 Å². The summed E-state index contributed by atoms with van der Waals surface area (Å²) in [6.07, 6.45) is -3.44. The first-order chi connectivity index (χ1) is 6.99. The van der Waals surface area contributed by atoms with Crippen molar-refractivity contribution < 1.29 is 18.3 Å². The lowest BCUT2D eigenvalue weighted by Crippen LogP contribution is -2.37. The quantitative estimate of drug-likeness (QED) is 0.661. The lowest BCUT2D eigenvalue weighted by atomic mass is 10.4. The van der Waals surface area contributed by atoms with Crippen LogP contribution in [0.1, 0.15) is 13.3 Å². The Hall–Kier alpha value is 0.0600. The molecular formula is C9H18F3NOS. The summed E-state index contributed by atoms with van der Waals surface area (Å²) >= 11 is 1.72. The molecule has 0 atom stereocenters. The van der Waals surface area contributed by atoms with E-state index in [0.717, 1.165) is 17.9 Å². The number of alkyl halides is 3. The molecule has 0 aromatic heterocycles. The molecule has 0 spiro atoms. The maximum absolute atomic E-state index is 12.1. The van der Waals surface area contributed by atoms with Crippen LogP contribution in [0.4, 0.5) is 13.2 Å². The molecule has 0 bridgehead atoms. The smallest absolute Gasteiger partial charge is 0.395 e. The zero-order valence-corrected chi connectivity index (χ0v) is 9.70. The molecule has 0 unspecified atom stereocenters. The highest BCUT2D eigenvalue weighted by Crippen LogP contribution is 2.16. The number of aliphatic hydroxyl groups excluding tert-OH is 1. The fourth-order valence-corrected chi connectivity index (χ4v) is 1.82. The molecule has 6 heteroatoms. The second-order valence-electron chi connectivity index (χ2n) is 3.17. The van der Waals surface area contributed by atoms with Crippen LogP contribution in [0.3, 0.4) is 0 Å². The van der Waals surface area contributed by atoms with E-state index in [1.54, 1.807) is 11.8 Å². The predicted molar refractivity (Wildman–Crippen MR) is 57.2 cm³/mol. The third-order valence-electron chi connectivity index (χ3n) is 1.79. The Labute approximate surface area is 92.8 Å². The molecule has 1 N–H and O–H groups in total. The zero-order chi connectivity index (χ0) is 11.7. The number of halogens is 3. The van der Waals surface area contributed by atoms with Crippen LogP contribution in [0.15, 0.2) is 0 Å². The molecule has 0 saturated heterocycles. The highest BCUT2D eigenvalue weighted by molar-refractivity contribution is 7.99. The van der Waals surface area contributed by atoms with E-state index in [-0.39, 0.29) is 13.2 Å². The molecule has 0 aromatic carbocycles. The highest BCUT2D eigenvalue weighted by atomic mass is 32.2. The first-order valence-corrected chi connectivity index (χ1v) is 6.12. The van der Waals surface area contributed by atoms with Crippen molar-refractivity contribution in [1.29, 1.82) is 0 Å². The Bertz CT molecular complexity index is 155. The van der Waals surface area contributed by atoms with Crippen LogP contribution in [0.25, 0.3) is 0 Å². The van der Waals surface area contributed by atoms with Crippen molar-refractivity contribution in [1.82, 2.24) is 4.90 Å². The molecule has 0 heterocycles. The number of rotatable bonds is 8. The molecule has 92 valence electrons. The second kappa shape index (κ2) is 8.24. The summed E-state index contributed by atoms with van der Waals surface area (Å²) in [6, 6.07) is 0. The average Bonchev–Trinajstić information content (AvgIpc) is 2.10. The van der Waals surface area contributed by atoms with Crippen LogP contribution >= 0.6 is 11.8 Å². The fourth-order valence-electron chi connectivity index (χ4n) is 1.20. The lowest BCUT2D eigenvalue weighted by molar-refractivity contribution is -0.146. The van der Waals surface area contributed by atoms with Crippen molar-refractivity contribution in [3.05, 3.63) is 0 Å². The van der Waals surface area contributed by atoms with Gasteiger partial charge in [-0.3, -0.25) is 4.90 Å². The third-order valence-corrected chi connectivity index (χ3v) is 2.77. The van der Waals surface area contributed by atoms with Gasteiger partial charge in [-0.2, -0.15) is 24.9 Å². The normalized spacial score (nSPS) is 12.4. The van der Waals surface area contributed by atoms with E-state index in [1.807, 2.05) is 6.92 Å². The fraction of sp³-hybridized carbons (Fsp3) is 1.00. The van der Waals surface area contributed by atoms with Gasteiger partial charge < -0.3 is 5.11 Å². The van der Waals surface area contributed by atoms with Gasteiger partial charge in [0.05, 0.1) is 13.2 Å². The highest BCUT2D eigenvalue weighted by Gasteiger charge is 2.30. The van der Waals surface area contributed by atoms with Gasteiger partial charge in [-0.05, 0) is 24.5 Å². The van der Waals surface area contributed by atoms with Crippen LogP contribution in [-0.4, -0.2) is 53.9 Å². The Balaban J connectivity index is 3.73. The van der Waals surface area contributed by atoms with Gasteiger partial charge in [0.25, 0.3) is 0 Å². The first-order valence-electron chi connectivity index (χ1n) is 4.97. The third kappa shape index (κ3) is 10.3. The maximum Gasteiger partial charge on any atom is 0.401 e. The number of thioether (sulfide) groups is 1. The molecule has 0 amide bonds. The summed E-state index contributed by atoms with van der Waals surface area (Å²) in [5.41, 5.74) is 0. The van der Waals surface area contributed by atoms with E-state index in [4.69, 9.17) is 5.11 Å². The van der Waals surface area contributed by atoms with Gasteiger partial charge in [0, 0.05) is 6.54 Å². The van der Waals surface area contributed by atoms with Crippen molar-refractivity contribution in [2.45, 2.75) is 19.5 Å². The van der Waals surface area contributed by atoms with Gasteiger partial charge >= 0.3 is 6.18 Å². The van der Waals surface area contributed by atoms with Crippen LogP contribution < -0.4 is 0 Å². The summed E-state index contributed by atoms with van der Waals surface area (Å²) in [7, 11) is 0. The summed E-state index contributed by atoms with van der Waals surface area (Å²) < 4.78 is 36.2. The Kier molecular flexibility index (Phi) is 8.27. The SMILES string of the molecule is CCSCCCN(CCO)CC(F)(F)F. The summed E-state index contributed by atoms with van der Waals surface area (Å²) in [4.78, 5) is 1.25. The number of nitrogens with zero attached hydrogens (tertiary/aromatic N) is 1. The van der Waals surface area contributed by atoms with Gasteiger partial charge in [-0.15, -0.1) is 0 Å². The van der Waals surface area contributed by atoms with Gasteiger partial charge in [0.15, 0.2) is 0 Å². The molecule has 0 radical (unpaired) electrons. The van der Waals surface area contributed by atoms with Crippen molar-refractivity contribution in [2.24, 2.45) is 0 Å². The minimum atomic E-state index is -4.17. The Morgan fingerprint density at radius 1 is 1.27 bits per heavy atom. The topological polar surface area (TPSA) is 23.5 Å². The van der Waals surface area contributed by atoms with Gasteiger partial charge in [0.1, 0.15) is 0 Å². The van der Waals surface area contributed by atoms with Crippen molar-refractivity contribution >= 4 is 11.8 Å². The van der Waals surface area contributed by atoms with E-state index in [0.29, 0.717) is 6.54 Å². The molecule has 2 nitrogen and oxygen atoms in total. The monoisotopic (exact) mass is 245 g/mol.